The fourth-order valence-electron chi connectivity index (χ4n) is 1.26. The van der Waals surface area contributed by atoms with Crippen molar-refractivity contribution in [1.82, 2.24) is 10.3 Å². The summed E-state index contributed by atoms with van der Waals surface area (Å²) < 4.78 is 10.3. The lowest BCUT2D eigenvalue weighted by molar-refractivity contribution is 0.421. The lowest BCUT2D eigenvalue weighted by atomic mass is 10.1. The highest BCUT2D eigenvalue weighted by Gasteiger charge is 2.11. The maximum Gasteiger partial charge on any atom is 0.229 e. The average Bonchev–Trinajstić information content (AvgIpc) is 2.84. The molecule has 0 aliphatic rings. The van der Waals surface area contributed by atoms with Crippen LogP contribution in [-0.4, -0.2) is 10.5 Å². The van der Waals surface area contributed by atoms with Crippen LogP contribution in [-0.2, 0) is 6.54 Å². The molecule has 4 nitrogen and oxygen atoms in total. The maximum absolute atomic E-state index is 5.36. The Morgan fingerprint density at radius 2 is 2.12 bits per heavy atom. The molecule has 0 saturated heterocycles. The number of oxazole rings is 1. The van der Waals surface area contributed by atoms with Crippen LogP contribution < -0.4 is 5.32 Å². The van der Waals surface area contributed by atoms with Gasteiger partial charge in [-0.3, -0.25) is 0 Å². The SMILES string of the molecule is CC(C)(C)NCc1coc(-c2ccoc2)n1. The first-order chi connectivity index (χ1) is 7.54. The first kappa shape index (κ1) is 11.0. The van der Waals surface area contributed by atoms with Crippen molar-refractivity contribution in [2.24, 2.45) is 0 Å². The van der Waals surface area contributed by atoms with Crippen molar-refractivity contribution in [3.05, 3.63) is 30.5 Å². The Kier molecular flexibility index (Phi) is 2.83. The van der Waals surface area contributed by atoms with E-state index in [1.807, 2.05) is 6.07 Å². The summed E-state index contributed by atoms with van der Waals surface area (Å²) in [6.07, 6.45) is 4.89. The van der Waals surface area contributed by atoms with Crippen LogP contribution in [0.3, 0.4) is 0 Å². The smallest absolute Gasteiger partial charge is 0.229 e. The van der Waals surface area contributed by atoms with Crippen molar-refractivity contribution in [2.45, 2.75) is 32.9 Å². The second-order valence-electron chi connectivity index (χ2n) is 4.76. The van der Waals surface area contributed by atoms with E-state index in [1.165, 1.54) is 0 Å². The molecule has 2 aromatic heterocycles. The zero-order valence-electron chi connectivity index (χ0n) is 9.78. The summed E-state index contributed by atoms with van der Waals surface area (Å²) in [4.78, 5) is 4.37. The molecule has 1 N–H and O–H groups in total. The predicted molar refractivity (Wildman–Crippen MR) is 60.8 cm³/mol. The molecule has 0 aliphatic carbocycles. The minimum absolute atomic E-state index is 0.0781. The van der Waals surface area contributed by atoms with Gasteiger partial charge in [0.15, 0.2) is 0 Å². The van der Waals surface area contributed by atoms with Gasteiger partial charge in [0.1, 0.15) is 12.5 Å². The number of rotatable bonds is 3. The van der Waals surface area contributed by atoms with E-state index in [1.54, 1.807) is 18.8 Å². The normalized spacial score (nSPS) is 11.9. The van der Waals surface area contributed by atoms with Gasteiger partial charge in [0, 0.05) is 12.1 Å². The molecule has 2 aromatic rings. The molecule has 0 aliphatic heterocycles. The first-order valence-corrected chi connectivity index (χ1v) is 5.26. The number of aromatic nitrogens is 1. The van der Waals surface area contributed by atoms with Gasteiger partial charge < -0.3 is 14.2 Å². The van der Waals surface area contributed by atoms with Crippen LogP contribution in [0.15, 0.2) is 33.7 Å². The van der Waals surface area contributed by atoms with Crippen LogP contribution in [0.2, 0.25) is 0 Å². The molecule has 0 fully saturated rings. The van der Waals surface area contributed by atoms with E-state index in [9.17, 15) is 0 Å². The first-order valence-electron chi connectivity index (χ1n) is 5.26. The highest BCUT2D eigenvalue weighted by Crippen LogP contribution is 2.18. The summed E-state index contributed by atoms with van der Waals surface area (Å²) in [7, 11) is 0. The molecule has 2 heterocycles. The van der Waals surface area contributed by atoms with Gasteiger partial charge in [0.25, 0.3) is 0 Å². The van der Waals surface area contributed by atoms with Gasteiger partial charge in [-0.1, -0.05) is 0 Å². The Morgan fingerprint density at radius 3 is 2.75 bits per heavy atom. The third-order valence-corrected chi connectivity index (χ3v) is 2.12. The largest absolute Gasteiger partial charge is 0.472 e. The van der Waals surface area contributed by atoms with Gasteiger partial charge in [0.2, 0.25) is 5.89 Å². The summed E-state index contributed by atoms with van der Waals surface area (Å²) >= 11 is 0. The van der Waals surface area contributed by atoms with Crippen molar-refractivity contribution < 1.29 is 8.83 Å². The lowest BCUT2D eigenvalue weighted by Crippen LogP contribution is -2.35. The topological polar surface area (TPSA) is 51.2 Å². The third-order valence-electron chi connectivity index (χ3n) is 2.12. The Labute approximate surface area is 94.7 Å². The average molecular weight is 220 g/mol. The maximum atomic E-state index is 5.36. The van der Waals surface area contributed by atoms with E-state index < -0.39 is 0 Å². The fourth-order valence-corrected chi connectivity index (χ4v) is 1.26. The van der Waals surface area contributed by atoms with E-state index >= 15 is 0 Å². The van der Waals surface area contributed by atoms with E-state index in [0.717, 1.165) is 11.3 Å². The van der Waals surface area contributed by atoms with Crippen molar-refractivity contribution in [3.8, 4) is 11.5 Å². The molecule has 0 aromatic carbocycles. The minimum atomic E-state index is 0.0781. The van der Waals surface area contributed by atoms with E-state index in [4.69, 9.17) is 8.83 Å². The highest BCUT2D eigenvalue weighted by molar-refractivity contribution is 5.50. The molecular weight excluding hydrogens is 204 g/mol. The minimum Gasteiger partial charge on any atom is -0.472 e. The molecule has 0 spiro atoms. The van der Waals surface area contributed by atoms with E-state index in [0.29, 0.717) is 12.4 Å². The quantitative estimate of drug-likeness (QED) is 0.864. The summed E-state index contributed by atoms with van der Waals surface area (Å²) in [6.45, 7) is 7.04. The van der Waals surface area contributed by atoms with E-state index in [2.05, 4.69) is 31.1 Å². The van der Waals surface area contributed by atoms with Gasteiger partial charge >= 0.3 is 0 Å². The Bertz CT molecular complexity index is 438. The van der Waals surface area contributed by atoms with Crippen LogP contribution in [0.4, 0.5) is 0 Å². The van der Waals surface area contributed by atoms with Crippen molar-refractivity contribution in [1.29, 1.82) is 0 Å². The standard InChI is InChI=1S/C12H16N2O2/c1-12(2,3)13-6-10-8-16-11(14-10)9-4-5-15-7-9/h4-5,7-8,13H,6H2,1-3H3. The molecule has 0 amide bonds. The number of nitrogens with zero attached hydrogens (tertiary/aromatic N) is 1. The van der Waals surface area contributed by atoms with Gasteiger partial charge in [-0.25, -0.2) is 4.98 Å². The lowest BCUT2D eigenvalue weighted by Gasteiger charge is -2.19. The molecule has 0 radical (unpaired) electrons. The highest BCUT2D eigenvalue weighted by atomic mass is 16.3. The van der Waals surface area contributed by atoms with Crippen LogP contribution in [0.1, 0.15) is 26.5 Å². The molecular formula is C12H16N2O2. The van der Waals surface area contributed by atoms with Crippen molar-refractivity contribution in [2.75, 3.05) is 0 Å². The number of hydrogen-bond acceptors (Lipinski definition) is 4. The van der Waals surface area contributed by atoms with Crippen molar-refractivity contribution in [3.63, 3.8) is 0 Å². The summed E-state index contributed by atoms with van der Waals surface area (Å²) in [6, 6.07) is 1.83. The van der Waals surface area contributed by atoms with Gasteiger partial charge in [-0.05, 0) is 26.8 Å². The Balaban J connectivity index is 2.03. The molecule has 2 rings (SSSR count). The molecule has 0 bridgehead atoms. The monoisotopic (exact) mass is 220 g/mol. The van der Waals surface area contributed by atoms with Gasteiger partial charge in [-0.2, -0.15) is 0 Å². The van der Waals surface area contributed by atoms with Crippen LogP contribution in [0.5, 0.6) is 0 Å². The Hall–Kier alpha value is -1.55. The van der Waals surface area contributed by atoms with Gasteiger partial charge in [-0.15, -0.1) is 0 Å². The molecule has 16 heavy (non-hydrogen) atoms. The zero-order chi connectivity index (χ0) is 11.6. The van der Waals surface area contributed by atoms with Crippen LogP contribution in [0, 0.1) is 0 Å². The Morgan fingerprint density at radius 1 is 1.31 bits per heavy atom. The number of hydrogen-bond donors (Lipinski definition) is 1. The predicted octanol–water partition coefficient (Wildman–Crippen LogP) is 2.82. The summed E-state index contributed by atoms with van der Waals surface area (Å²) in [5, 5.41) is 3.35. The summed E-state index contributed by atoms with van der Waals surface area (Å²) in [5.41, 5.74) is 1.84. The second kappa shape index (κ2) is 4.14. The molecule has 0 atom stereocenters. The third kappa shape index (κ3) is 2.73. The number of furan rings is 1. The van der Waals surface area contributed by atoms with Gasteiger partial charge in [0.05, 0.1) is 17.5 Å². The fraction of sp³-hybridized carbons (Fsp3) is 0.417. The molecule has 0 saturated carbocycles. The summed E-state index contributed by atoms with van der Waals surface area (Å²) in [5.74, 6) is 0.597. The molecule has 0 unspecified atom stereocenters. The number of nitrogens with one attached hydrogen (secondary N) is 1. The van der Waals surface area contributed by atoms with Crippen molar-refractivity contribution >= 4 is 0 Å². The zero-order valence-corrected chi connectivity index (χ0v) is 9.78. The van der Waals surface area contributed by atoms with E-state index in [-0.39, 0.29) is 5.54 Å². The molecule has 4 heteroatoms. The van der Waals surface area contributed by atoms with Crippen LogP contribution in [0.25, 0.3) is 11.5 Å². The molecule has 86 valence electrons. The van der Waals surface area contributed by atoms with Crippen LogP contribution >= 0.6 is 0 Å². The second-order valence-corrected chi connectivity index (χ2v) is 4.76.